The SMILES string of the molecule is [C-]#[N+]Cc1cccc(C(C)(C)C)c1. The Labute approximate surface area is 80.2 Å². The van der Waals surface area contributed by atoms with E-state index in [9.17, 15) is 0 Å². The summed E-state index contributed by atoms with van der Waals surface area (Å²) >= 11 is 0. The van der Waals surface area contributed by atoms with Crippen LogP contribution in [0.3, 0.4) is 0 Å². The van der Waals surface area contributed by atoms with Gasteiger partial charge in [-0.3, -0.25) is 0 Å². The minimum absolute atomic E-state index is 0.179. The molecule has 68 valence electrons. The smallest absolute Gasteiger partial charge is 0.239 e. The van der Waals surface area contributed by atoms with Gasteiger partial charge in [0, 0.05) is 5.56 Å². The van der Waals surface area contributed by atoms with Crippen LogP contribution in [0.25, 0.3) is 4.85 Å². The first-order valence-corrected chi connectivity index (χ1v) is 4.46. The van der Waals surface area contributed by atoms with Crippen LogP contribution < -0.4 is 0 Å². The van der Waals surface area contributed by atoms with Crippen molar-refractivity contribution in [1.29, 1.82) is 0 Å². The van der Waals surface area contributed by atoms with Gasteiger partial charge in [0.25, 0.3) is 0 Å². The molecule has 0 fully saturated rings. The summed E-state index contributed by atoms with van der Waals surface area (Å²) in [5.41, 5.74) is 2.59. The van der Waals surface area contributed by atoms with Crippen molar-refractivity contribution in [3.63, 3.8) is 0 Å². The van der Waals surface area contributed by atoms with E-state index in [-0.39, 0.29) is 5.41 Å². The third kappa shape index (κ3) is 2.59. The van der Waals surface area contributed by atoms with Gasteiger partial charge in [-0.05, 0) is 17.0 Å². The second-order valence-electron chi connectivity index (χ2n) is 4.27. The van der Waals surface area contributed by atoms with E-state index in [0.29, 0.717) is 6.54 Å². The van der Waals surface area contributed by atoms with Crippen LogP contribution in [0.2, 0.25) is 0 Å². The number of hydrogen-bond acceptors (Lipinski definition) is 0. The van der Waals surface area contributed by atoms with Crippen LogP contribution in [0.4, 0.5) is 0 Å². The fourth-order valence-corrected chi connectivity index (χ4v) is 1.23. The average Bonchev–Trinajstić information content (AvgIpc) is 2.04. The van der Waals surface area contributed by atoms with Gasteiger partial charge in [0.05, 0.1) is 0 Å². The van der Waals surface area contributed by atoms with E-state index >= 15 is 0 Å². The van der Waals surface area contributed by atoms with Crippen molar-refractivity contribution >= 4 is 0 Å². The summed E-state index contributed by atoms with van der Waals surface area (Å²) in [5.74, 6) is 0. The normalized spacial score (nSPS) is 10.9. The third-order valence-corrected chi connectivity index (χ3v) is 2.05. The summed E-state index contributed by atoms with van der Waals surface area (Å²) in [6, 6.07) is 8.28. The van der Waals surface area contributed by atoms with Gasteiger partial charge in [0.2, 0.25) is 6.54 Å². The van der Waals surface area contributed by atoms with Gasteiger partial charge in [0.15, 0.2) is 0 Å². The Morgan fingerprint density at radius 2 is 2.00 bits per heavy atom. The zero-order valence-electron chi connectivity index (χ0n) is 8.46. The van der Waals surface area contributed by atoms with Crippen LogP contribution in [0.15, 0.2) is 24.3 Å². The first-order chi connectivity index (χ1) is 6.04. The highest BCUT2D eigenvalue weighted by molar-refractivity contribution is 5.29. The molecule has 0 N–H and O–H groups in total. The number of rotatable bonds is 1. The molecule has 0 heterocycles. The van der Waals surface area contributed by atoms with E-state index in [2.05, 4.69) is 37.7 Å². The van der Waals surface area contributed by atoms with Gasteiger partial charge >= 0.3 is 0 Å². The Kier molecular flexibility index (Phi) is 2.72. The summed E-state index contributed by atoms with van der Waals surface area (Å²) in [5, 5.41) is 0. The molecule has 0 aromatic heterocycles. The second kappa shape index (κ2) is 3.62. The molecule has 0 amide bonds. The Bertz CT molecular complexity index is 326. The molecule has 0 aliphatic carbocycles. The lowest BCUT2D eigenvalue weighted by atomic mass is 9.86. The van der Waals surface area contributed by atoms with E-state index in [1.807, 2.05) is 12.1 Å². The van der Waals surface area contributed by atoms with E-state index in [4.69, 9.17) is 6.57 Å². The average molecular weight is 173 g/mol. The molecular weight excluding hydrogens is 158 g/mol. The van der Waals surface area contributed by atoms with E-state index in [1.54, 1.807) is 0 Å². The van der Waals surface area contributed by atoms with Gasteiger partial charge in [-0.2, -0.15) is 0 Å². The van der Waals surface area contributed by atoms with Crippen molar-refractivity contribution in [1.82, 2.24) is 0 Å². The molecule has 0 saturated carbocycles. The summed E-state index contributed by atoms with van der Waals surface area (Å²) in [6.07, 6.45) is 0. The van der Waals surface area contributed by atoms with Crippen LogP contribution in [0.1, 0.15) is 31.9 Å². The minimum atomic E-state index is 0.179. The highest BCUT2D eigenvalue weighted by atomic mass is 14.6. The second-order valence-corrected chi connectivity index (χ2v) is 4.27. The molecular formula is C12H15N. The van der Waals surface area contributed by atoms with Crippen molar-refractivity contribution in [2.45, 2.75) is 32.7 Å². The summed E-state index contributed by atoms with van der Waals surface area (Å²) in [4.78, 5) is 3.38. The number of hydrogen-bond donors (Lipinski definition) is 0. The Balaban J connectivity index is 3.00. The van der Waals surface area contributed by atoms with Crippen molar-refractivity contribution in [2.24, 2.45) is 0 Å². The predicted octanol–water partition coefficient (Wildman–Crippen LogP) is 3.40. The molecule has 0 spiro atoms. The molecule has 0 radical (unpaired) electrons. The Morgan fingerprint density at radius 1 is 1.31 bits per heavy atom. The molecule has 0 unspecified atom stereocenters. The molecule has 1 aromatic rings. The number of benzene rings is 1. The van der Waals surface area contributed by atoms with Crippen LogP contribution >= 0.6 is 0 Å². The van der Waals surface area contributed by atoms with Gasteiger partial charge in [0.1, 0.15) is 0 Å². The first kappa shape index (κ1) is 9.80. The molecule has 0 saturated heterocycles. The van der Waals surface area contributed by atoms with Crippen LogP contribution in [-0.4, -0.2) is 0 Å². The van der Waals surface area contributed by atoms with Crippen LogP contribution in [0, 0.1) is 6.57 Å². The summed E-state index contributed by atoms with van der Waals surface area (Å²) in [7, 11) is 0. The molecule has 13 heavy (non-hydrogen) atoms. The lowest BCUT2D eigenvalue weighted by molar-refractivity contribution is 0.589. The topological polar surface area (TPSA) is 4.36 Å². The molecule has 0 aliphatic rings. The lowest BCUT2D eigenvalue weighted by Crippen LogP contribution is -2.10. The molecule has 1 aromatic carbocycles. The first-order valence-electron chi connectivity index (χ1n) is 4.46. The molecule has 0 bridgehead atoms. The van der Waals surface area contributed by atoms with Crippen molar-refractivity contribution in [3.05, 3.63) is 46.8 Å². The minimum Gasteiger partial charge on any atom is -0.312 e. The fraction of sp³-hybridized carbons (Fsp3) is 0.417. The highest BCUT2D eigenvalue weighted by Crippen LogP contribution is 2.22. The largest absolute Gasteiger partial charge is 0.312 e. The summed E-state index contributed by atoms with van der Waals surface area (Å²) in [6.45, 7) is 13.8. The molecule has 1 heteroatoms. The maximum Gasteiger partial charge on any atom is 0.239 e. The summed E-state index contributed by atoms with van der Waals surface area (Å²) < 4.78 is 0. The van der Waals surface area contributed by atoms with Crippen LogP contribution in [-0.2, 0) is 12.0 Å². The van der Waals surface area contributed by atoms with Gasteiger partial charge in [-0.25, -0.2) is 6.57 Å². The molecule has 0 atom stereocenters. The lowest BCUT2D eigenvalue weighted by Gasteiger charge is -2.18. The zero-order valence-corrected chi connectivity index (χ0v) is 8.46. The van der Waals surface area contributed by atoms with Crippen molar-refractivity contribution < 1.29 is 0 Å². The van der Waals surface area contributed by atoms with Gasteiger partial charge < -0.3 is 4.85 Å². The molecule has 0 aliphatic heterocycles. The van der Waals surface area contributed by atoms with E-state index < -0.39 is 0 Å². The Hall–Kier alpha value is -1.29. The number of nitrogens with zero attached hydrogens (tertiary/aromatic N) is 1. The van der Waals surface area contributed by atoms with Crippen molar-refractivity contribution in [2.75, 3.05) is 0 Å². The van der Waals surface area contributed by atoms with Gasteiger partial charge in [-0.1, -0.05) is 39.0 Å². The molecule has 1 nitrogen and oxygen atoms in total. The van der Waals surface area contributed by atoms with Gasteiger partial charge in [-0.15, -0.1) is 0 Å². The third-order valence-electron chi connectivity index (χ3n) is 2.05. The molecule has 1 rings (SSSR count). The maximum absolute atomic E-state index is 6.79. The van der Waals surface area contributed by atoms with Crippen molar-refractivity contribution in [3.8, 4) is 0 Å². The zero-order chi connectivity index (χ0) is 9.90. The van der Waals surface area contributed by atoms with E-state index in [0.717, 1.165) is 5.56 Å². The van der Waals surface area contributed by atoms with E-state index in [1.165, 1.54) is 5.56 Å². The predicted molar refractivity (Wildman–Crippen MR) is 55.4 cm³/mol. The Morgan fingerprint density at radius 3 is 2.54 bits per heavy atom. The monoisotopic (exact) mass is 173 g/mol. The van der Waals surface area contributed by atoms with Crippen LogP contribution in [0.5, 0.6) is 0 Å². The maximum atomic E-state index is 6.79. The quantitative estimate of drug-likeness (QED) is 0.573. The fourth-order valence-electron chi connectivity index (χ4n) is 1.23. The standard InChI is InChI=1S/C12H15N/c1-12(2,3)11-7-5-6-10(8-11)9-13-4/h5-8H,9H2,1-3H3. The highest BCUT2D eigenvalue weighted by Gasteiger charge is 2.13.